The van der Waals surface area contributed by atoms with Gasteiger partial charge in [0.2, 0.25) is 0 Å². The van der Waals surface area contributed by atoms with E-state index >= 15 is 0 Å². The molecule has 0 saturated carbocycles. The van der Waals surface area contributed by atoms with E-state index in [1.54, 1.807) is 0 Å². The Hall–Kier alpha value is -2.90. The lowest BCUT2D eigenvalue weighted by molar-refractivity contribution is -0.158. The normalized spacial score (nSPS) is 18.6. The molecule has 0 aliphatic carbocycles. The molecular formula is C33H40ClNO5. The highest BCUT2D eigenvalue weighted by atomic mass is 35.5. The molecule has 6 nitrogen and oxygen atoms in total. The standard InChI is InChI=1S/C33H39NO5.ClH/c35-32(36)15-12-26-10-13-30(14-11-26)37-25-29-8-6-27(7-9-29)23-34-19-17-33(18-20-34)22-31(16-21-39-33)38-24-28-4-2-1-3-5-28;/h1-11,13-14,31H,12,15-25H2,(H,35,36);1H. The smallest absolute Gasteiger partial charge is 0.303 e. The summed E-state index contributed by atoms with van der Waals surface area (Å²) in [5.74, 6) is 0.0117. The predicted octanol–water partition coefficient (Wildman–Crippen LogP) is 6.44. The lowest BCUT2D eigenvalue weighted by atomic mass is 9.83. The van der Waals surface area contributed by atoms with E-state index in [2.05, 4.69) is 53.4 Å². The lowest BCUT2D eigenvalue weighted by Crippen LogP contribution is -2.50. The Morgan fingerprint density at radius 2 is 1.52 bits per heavy atom. The third-order valence-electron chi connectivity index (χ3n) is 7.93. The highest BCUT2D eigenvalue weighted by molar-refractivity contribution is 5.85. The summed E-state index contributed by atoms with van der Waals surface area (Å²) in [5, 5.41) is 8.82. The number of halogens is 1. The molecule has 1 unspecified atom stereocenters. The Morgan fingerprint density at radius 1 is 0.875 bits per heavy atom. The first kappa shape index (κ1) is 30.1. The second-order valence-electron chi connectivity index (χ2n) is 10.9. The Kier molecular flexibility index (Phi) is 11.0. The number of hydrogen-bond donors (Lipinski definition) is 1. The average Bonchev–Trinajstić information content (AvgIpc) is 2.97. The molecule has 7 heteroatoms. The van der Waals surface area contributed by atoms with Crippen LogP contribution in [0.15, 0.2) is 78.9 Å². The zero-order chi connectivity index (χ0) is 26.9. The topological polar surface area (TPSA) is 68.2 Å². The highest BCUT2D eigenvalue weighted by Gasteiger charge is 2.40. The van der Waals surface area contributed by atoms with Crippen LogP contribution in [-0.4, -0.2) is 47.4 Å². The summed E-state index contributed by atoms with van der Waals surface area (Å²) in [7, 11) is 0. The molecule has 0 amide bonds. The number of ether oxygens (including phenoxy) is 3. The molecule has 2 saturated heterocycles. The first-order valence-electron chi connectivity index (χ1n) is 14.1. The number of rotatable bonds is 11. The van der Waals surface area contributed by atoms with Crippen LogP contribution in [-0.2, 0) is 40.4 Å². The average molecular weight is 566 g/mol. The third kappa shape index (κ3) is 8.80. The Bertz CT molecular complexity index is 1180. The van der Waals surface area contributed by atoms with Crippen LogP contribution >= 0.6 is 12.4 Å². The van der Waals surface area contributed by atoms with Crippen LogP contribution < -0.4 is 4.74 Å². The van der Waals surface area contributed by atoms with Gasteiger partial charge in [-0.2, -0.15) is 0 Å². The quantitative estimate of drug-likeness (QED) is 0.289. The molecule has 2 aliphatic heterocycles. The van der Waals surface area contributed by atoms with Crippen LogP contribution in [0.1, 0.15) is 54.4 Å². The number of likely N-dealkylation sites (tertiary alicyclic amines) is 1. The van der Waals surface area contributed by atoms with Crippen LogP contribution in [0.5, 0.6) is 5.75 Å². The van der Waals surface area contributed by atoms with E-state index in [-0.39, 0.29) is 30.5 Å². The second-order valence-corrected chi connectivity index (χ2v) is 10.9. The van der Waals surface area contributed by atoms with Gasteiger partial charge in [0.15, 0.2) is 0 Å². The van der Waals surface area contributed by atoms with Gasteiger partial charge in [0.25, 0.3) is 0 Å². The van der Waals surface area contributed by atoms with Gasteiger partial charge in [-0.1, -0.05) is 66.7 Å². The van der Waals surface area contributed by atoms with Crippen LogP contribution in [0, 0.1) is 0 Å². The van der Waals surface area contributed by atoms with Gasteiger partial charge in [-0.3, -0.25) is 9.69 Å². The summed E-state index contributed by atoms with van der Waals surface area (Å²) < 4.78 is 18.6. The fourth-order valence-electron chi connectivity index (χ4n) is 5.55. The molecule has 2 heterocycles. The zero-order valence-electron chi connectivity index (χ0n) is 23.0. The van der Waals surface area contributed by atoms with Crippen molar-refractivity contribution in [3.05, 3.63) is 101 Å². The molecule has 0 radical (unpaired) electrons. The Labute approximate surface area is 243 Å². The Balaban J connectivity index is 0.00000370. The molecule has 3 aromatic rings. The van der Waals surface area contributed by atoms with Crippen molar-refractivity contribution in [2.24, 2.45) is 0 Å². The maximum Gasteiger partial charge on any atom is 0.303 e. The summed E-state index contributed by atoms with van der Waals surface area (Å²) in [6.07, 6.45) is 5.03. The van der Waals surface area contributed by atoms with Gasteiger partial charge in [-0.15, -0.1) is 12.4 Å². The van der Waals surface area contributed by atoms with Gasteiger partial charge >= 0.3 is 5.97 Å². The number of carboxylic acid groups (broad SMARTS) is 1. The largest absolute Gasteiger partial charge is 0.489 e. The molecule has 0 bridgehead atoms. The number of carbonyl (C=O) groups is 1. The van der Waals surface area contributed by atoms with Crippen LogP contribution in [0.25, 0.3) is 0 Å². The SMILES string of the molecule is Cl.O=C(O)CCc1ccc(OCc2ccc(CN3CCC4(CC3)CC(OCc3ccccc3)CCO4)cc2)cc1. The van der Waals surface area contributed by atoms with Gasteiger partial charge in [0.05, 0.1) is 18.3 Å². The van der Waals surface area contributed by atoms with Crippen molar-refractivity contribution in [1.82, 2.24) is 4.90 Å². The second kappa shape index (κ2) is 14.6. The molecule has 5 rings (SSSR count). The van der Waals surface area contributed by atoms with Crippen molar-refractivity contribution in [3.63, 3.8) is 0 Å². The number of nitrogens with zero attached hydrogens (tertiary/aromatic N) is 1. The van der Waals surface area contributed by atoms with Crippen LogP contribution in [0.3, 0.4) is 0 Å². The predicted molar refractivity (Wildman–Crippen MR) is 158 cm³/mol. The molecule has 1 N–H and O–H groups in total. The summed E-state index contributed by atoms with van der Waals surface area (Å²) in [6, 6.07) is 26.8. The number of aryl methyl sites for hydroxylation is 1. The minimum atomic E-state index is -0.778. The number of benzene rings is 3. The summed E-state index contributed by atoms with van der Waals surface area (Å²) in [4.78, 5) is 13.3. The first-order valence-corrected chi connectivity index (χ1v) is 14.1. The molecule has 1 spiro atoms. The molecule has 2 aliphatic rings. The number of aliphatic carboxylic acids is 1. The summed E-state index contributed by atoms with van der Waals surface area (Å²) in [5.41, 5.74) is 4.64. The molecule has 0 aromatic heterocycles. The van der Waals surface area contributed by atoms with Gasteiger partial charge in [-0.25, -0.2) is 0 Å². The van der Waals surface area contributed by atoms with Crippen LogP contribution in [0.2, 0.25) is 0 Å². The first-order chi connectivity index (χ1) is 19.1. The van der Waals surface area contributed by atoms with Crippen molar-refractivity contribution in [1.29, 1.82) is 0 Å². The molecule has 2 fully saturated rings. The number of carboxylic acids is 1. The highest BCUT2D eigenvalue weighted by Crippen LogP contribution is 2.36. The molecule has 40 heavy (non-hydrogen) atoms. The van der Waals surface area contributed by atoms with Gasteiger partial charge in [-0.05, 0) is 60.1 Å². The van der Waals surface area contributed by atoms with E-state index in [9.17, 15) is 4.79 Å². The maximum atomic E-state index is 10.7. The van der Waals surface area contributed by atoms with Crippen molar-refractivity contribution >= 4 is 18.4 Å². The number of piperidine rings is 1. The minimum Gasteiger partial charge on any atom is -0.489 e. The molecular weight excluding hydrogens is 526 g/mol. The minimum absolute atomic E-state index is 0. The third-order valence-corrected chi connectivity index (χ3v) is 7.93. The number of hydrogen-bond acceptors (Lipinski definition) is 5. The fraction of sp³-hybridized carbons (Fsp3) is 0.424. The van der Waals surface area contributed by atoms with E-state index in [1.807, 2.05) is 30.3 Å². The summed E-state index contributed by atoms with van der Waals surface area (Å²) in [6.45, 7) is 5.00. The molecule has 214 valence electrons. The Morgan fingerprint density at radius 3 is 2.23 bits per heavy atom. The van der Waals surface area contributed by atoms with E-state index in [1.165, 1.54) is 11.1 Å². The van der Waals surface area contributed by atoms with Crippen molar-refractivity contribution in [3.8, 4) is 5.75 Å². The van der Waals surface area contributed by atoms with Crippen molar-refractivity contribution < 1.29 is 24.1 Å². The van der Waals surface area contributed by atoms with E-state index in [0.29, 0.717) is 19.6 Å². The van der Waals surface area contributed by atoms with Gasteiger partial charge in [0.1, 0.15) is 12.4 Å². The lowest BCUT2D eigenvalue weighted by Gasteiger charge is -2.46. The van der Waals surface area contributed by atoms with Gasteiger partial charge in [0, 0.05) is 39.1 Å². The van der Waals surface area contributed by atoms with E-state index < -0.39 is 5.97 Å². The maximum absolute atomic E-state index is 10.7. The van der Waals surface area contributed by atoms with Crippen LogP contribution in [0.4, 0.5) is 0 Å². The van der Waals surface area contributed by atoms with E-state index in [0.717, 1.165) is 68.8 Å². The van der Waals surface area contributed by atoms with Gasteiger partial charge < -0.3 is 19.3 Å². The summed E-state index contributed by atoms with van der Waals surface area (Å²) >= 11 is 0. The van der Waals surface area contributed by atoms with Crippen molar-refractivity contribution in [2.75, 3.05) is 19.7 Å². The molecule has 3 aromatic carbocycles. The van der Waals surface area contributed by atoms with E-state index in [4.69, 9.17) is 19.3 Å². The monoisotopic (exact) mass is 565 g/mol. The van der Waals surface area contributed by atoms with Crippen molar-refractivity contribution in [2.45, 2.75) is 70.0 Å². The molecule has 1 atom stereocenters. The zero-order valence-corrected chi connectivity index (χ0v) is 23.8. The fourth-order valence-corrected chi connectivity index (χ4v) is 5.55.